The van der Waals surface area contributed by atoms with E-state index in [0.29, 0.717) is 17.6 Å². The molecule has 0 bridgehead atoms. The van der Waals surface area contributed by atoms with Crippen molar-refractivity contribution in [3.8, 4) is 0 Å². The fourth-order valence-corrected chi connectivity index (χ4v) is 2.71. The first-order valence-corrected chi connectivity index (χ1v) is 7.38. The number of rotatable bonds is 3. The first-order chi connectivity index (χ1) is 10.1. The summed E-state index contributed by atoms with van der Waals surface area (Å²) < 4.78 is 18.5. The SMILES string of the molecule is CC(C)(c1ccc(F)cc1)c1noc([C@@H]2CCCNC2)n1. The second kappa shape index (κ2) is 5.56. The number of nitrogens with zero attached hydrogens (tertiary/aromatic N) is 2. The maximum absolute atomic E-state index is 13.1. The van der Waals surface area contributed by atoms with Crippen LogP contribution >= 0.6 is 0 Å². The van der Waals surface area contributed by atoms with Crippen LogP contribution in [0.3, 0.4) is 0 Å². The lowest BCUT2D eigenvalue weighted by Crippen LogP contribution is -2.28. The van der Waals surface area contributed by atoms with Gasteiger partial charge in [0.05, 0.1) is 11.3 Å². The molecule has 1 atom stereocenters. The number of nitrogens with one attached hydrogen (secondary N) is 1. The summed E-state index contributed by atoms with van der Waals surface area (Å²) in [5.74, 6) is 1.41. The van der Waals surface area contributed by atoms with Crippen LogP contribution in [0.25, 0.3) is 0 Å². The van der Waals surface area contributed by atoms with Crippen molar-refractivity contribution in [3.63, 3.8) is 0 Å². The Bertz CT molecular complexity index is 600. The molecule has 112 valence electrons. The van der Waals surface area contributed by atoms with Crippen molar-refractivity contribution in [3.05, 3.63) is 47.4 Å². The van der Waals surface area contributed by atoms with Crippen LogP contribution in [0, 0.1) is 5.82 Å². The molecule has 5 heteroatoms. The van der Waals surface area contributed by atoms with Crippen LogP contribution in [0.5, 0.6) is 0 Å². The monoisotopic (exact) mass is 289 g/mol. The number of hydrogen-bond acceptors (Lipinski definition) is 4. The Morgan fingerprint density at radius 2 is 2.05 bits per heavy atom. The molecule has 1 saturated heterocycles. The van der Waals surface area contributed by atoms with Crippen LogP contribution in [-0.2, 0) is 5.41 Å². The van der Waals surface area contributed by atoms with E-state index in [0.717, 1.165) is 31.5 Å². The second-order valence-corrected chi connectivity index (χ2v) is 6.13. The molecule has 2 aromatic rings. The van der Waals surface area contributed by atoms with Crippen LogP contribution in [0.15, 0.2) is 28.8 Å². The van der Waals surface area contributed by atoms with Crippen LogP contribution in [0.1, 0.15) is 49.9 Å². The third-order valence-corrected chi connectivity index (χ3v) is 4.21. The molecule has 0 amide bonds. The number of benzene rings is 1. The highest BCUT2D eigenvalue weighted by atomic mass is 19.1. The van der Waals surface area contributed by atoms with Crippen molar-refractivity contribution in [1.29, 1.82) is 0 Å². The van der Waals surface area contributed by atoms with Crippen LogP contribution in [0.2, 0.25) is 0 Å². The lowest BCUT2D eigenvalue weighted by Gasteiger charge is -2.21. The topological polar surface area (TPSA) is 51.0 Å². The quantitative estimate of drug-likeness (QED) is 0.943. The Kier molecular flexibility index (Phi) is 3.76. The van der Waals surface area contributed by atoms with Gasteiger partial charge < -0.3 is 9.84 Å². The van der Waals surface area contributed by atoms with Gasteiger partial charge in [-0.2, -0.15) is 4.98 Å². The fraction of sp³-hybridized carbons (Fsp3) is 0.500. The highest BCUT2D eigenvalue weighted by molar-refractivity contribution is 5.30. The summed E-state index contributed by atoms with van der Waals surface area (Å²) in [4.78, 5) is 4.59. The van der Waals surface area contributed by atoms with Crippen LogP contribution in [0.4, 0.5) is 4.39 Å². The van der Waals surface area contributed by atoms with E-state index in [-0.39, 0.29) is 5.82 Å². The molecule has 21 heavy (non-hydrogen) atoms. The summed E-state index contributed by atoms with van der Waals surface area (Å²) >= 11 is 0. The van der Waals surface area contributed by atoms with Gasteiger partial charge >= 0.3 is 0 Å². The fourth-order valence-electron chi connectivity index (χ4n) is 2.71. The maximum atomic E-state index is 13.1. The molecular formula is C16H20FN3O. The molecular weight excluding hydrogens is 269 g/mol. The minimum Gasteiger partial charge on any atom is -0.339 e. The van der Waals surface area contributed by atoms with E-state index in [4.69, 9.17) is 4.52 Å². The summed E-state index contributed by atoms with van der Waals surface area (Å²) in [7, 11) is 0. The highest BCUT2D eigenvalue weighted by Crippen LogP contribution is 2.31. The van der Waals surface area contributed by atoms with Gasteiger partial charge in [0.25, 0.3) is 0 Å². The van der Waals surface area contributed by atoms with E-state index < -0.39 is 5.41 Å². The minimum absolute atomic E-state index is 0.239. The van der Waals surface area contributed by atoms with Crippen molar-refractivity contribution < 1.29 is 8.91 Å². The molecule has 0 spiro atoms. The summed E-state index contributed by atoms with van der Waals surface area (Å²) in [6.07, 6.45) is 2.20. The van der Waals surface area contributed by atoms with Crippen molar-refractivity contribution in [2.45, 2.75) is 38.0 Å². The number of piperidine rings is 1. The second-order valence-electron chi connectivity index (χ2n) is 6.13. The zero-order chi connectivity index (χ0) is 14.9. The van der Waals surface area contributed by atoms with Crippen molar-refractivity contribution in [2.24, 2.45) is 0 Å². The largest absolute Gasteiger partial charge is 0.339 e. The van der Waals surface area contributed by atoms with E-state index in [9.17, 15) is 4.39 Å². The first-order valence-electron chi connectivity index (χ1n) is 7.38. The predicted octanol–water partition coefficient (Wildman–Crippen LogP) is 3.00. The highest BCUT2D eigenvalue weighted by Gasteiger charge is 2.31. The third-order valence-electron chi connectivity index (χ3n) is 4.21. The molecule has 1 aliphatic rings. The van der Waals surface area contributed by atoms with Crippen molar-refractivity contribution in [2.75, 3.05) is 13.1 Å². The molecule has 1 aromatic carbocycles. The lowest BCUT2D eigenvalue weighted by atomic mass is 9.84. The molecule has 0 unspecified atom stereocenters. The maximum Gasteiger partial charge on any atom is 0.231 e. The minimum atomic E-state index is -0.405. The van der Waals surface area contributed by atoms with Crippen molar-refractivity contribution in [1.82, 2.24) is 15.5 Å². The molecule has 1 N–H and O–H groups in total. The summed E-state index contributed by atoms with van der Waals surface area (Å²) in [5.41, 5.74) is 0.565. The molecule has 1 aromatic heterocycles. The molecule has 0 aliphatic carbocycles. The zero-order valence-electron chi connectivity index (χ0n) is 12.4. The smallest absolute Gasteiger partial charge is 0.231 e. The predicted molar refractivity (Wildman–Crippen MR) is 77.7 cm³/mol. The Labute approximate surface area is 123 Å². The Morgan fingerprint density at radius 3 is 2.71 bits per heavy atom. The first kappa shape index (κ1) is 14.2. The molecule has 1 aliphatic heterocycles. The third kappa shape index (κ3) is 2.83. The van der Waals surface area contributed by atoms with E-state index in [1.807, 2.05) is 13.8 Å². The van der Waals surface area contributed by atoms with Crippen LogP contribution in [-0.4, -0.2) is 23.2 Å². The van der Waals surface area contributed by atoms with Crippen molar-refractivity contribution >= 4 is 0 Å². The number of halogens is 1. The van der Waals surface area contributed by atoms with Gasteiger partial charge in [-0.05, 0) is 50.9 Å². The Balaban J connectivity index is 1.85. The number of hydrogen-bond donors (Lipinski definition) is 1. The Hall–Kier alpha value is -1.75. The van der Waals surface area contributed by atoms with Gasteiger partial charge in [-0.15, -0.1) is 0 Å². The van der Waals surface area contributed by atoms with Gasteiger partial charge in [0.15, 0.2) is 5.82 Å². The normalized spacial score (nSPS) is 19.7. The van der Waals surface area contributed by atoms with E-state index in [1.54, 1.807) is 12.1 Å². The van der Waals surface area contributed by atoms with E-state index in [2.05, 4.69) is 15.5 Å². The van der Waals surface area contributed by atoms with Gasteiger partial charge in [0.2, 0.25) is 5.89 Å². The molecule has 1 fully saturated rings. The average Bonchev–Trinajstić information content (AvgIpc) is 2.99. The molecule has 2 heterocycles. The summed E-state index contributed by atoms with van der Waals surface area (Å²) in [6, 6.07) is 6.47. The average molecular weight is 289 g/mol. The number of aromatic nitrogens is 2. The van der Waals surface area contributed by atoms with Crippen LogP contribution < -0.4 is 5.32 Å². The molecule has 0 saturated carbocycles. The zero-order valence-corrected chi connectivity index (χ0v) is 12.4. The molecule has 0 radical (unpaired) electrons. The van der Waals surface area contributed by atoms with Gasteiger partial charge in [-0.1, -0.05) is 17.3 Å². The standard InChI is InChI=1S/C16H20FN3O/c1-16(2,12-5-7-13(17)8-6-12)15-19-14(21-20-15)11-4-3-9-18-10-11/h5-8,11,18H,3-4,9-10H2,1-2H3/t11-/m1/s1. The summed E-state index contributed by atoms with van der Waals surface area (Å²) in [5, 5.41) is 7.50. The van der Waals surface area contributed by atoms with E-state index in [1.165, 1.54) is 12.1 Å². The summed E-state index contributed by atoms with van der Waals surface area (Å²) in [6.45, 7) is 5.99. The Morgan fingerprint density at radius 1 is 1.29 bits per heavy atom. The van der Waals surface area contributed by atoms with Gasteiger partial charge in [-0.3, -0.25) is 0 Å². The van der Waals surface area contributed by atoms with Gasteiger partial charge in [-0.25, -0.2) is 4.39 Å². The molecule has 3 rings (SSSR count). The molecule has 4 nitrogen and oxygen atoms in total. The van der Waals surface area contributed by atoms with Gasteiger partial charge in [0.1, 0.15) is 5.82 Å². The van der Waals surface area contributed by atoms with Gasteiger partial charge in [0, 0.05) is 6.54 Å². The lowest BCUT2D eigenvalue weighted by molar-refractivity contribution is 0.317. The van der Waals surface area contributed by atoms with E-state index >= 15 is 0 Å².